The Kier molecular flexibility index (Phi) is 7.03. The minimum absolute atomic E-state index is 0.124. The van der Waals surface area contributed by atoms with Gasteiger partial charge in [-0.15, -0.1) is 0 Å². The molecule has 6 nitrogen and oxygen atoms in total. The number of amides is 1. The van der Waals surface area contributed by atoms with Crippen LogP contribution >= 0.6 is 11.6 Å². The van der Waals surface area contributed by atoms with Gasteiger partial charge in [-0.3, -0.25) is 9.78 Å². The van der Waals surface area contributed by atoms with Crippen LogP contribution in [0.15, 0.2) is 61.1 Å². The van der Waals surface area contributed by atoms with Crippen LogP contribution in [0.25, 0.3) is 0 Å². The smallest absolute Gasteiger partial charge is 0.254 e. The lowest BCUT2D eigenvalue weighted by molar-refractivity contribution is 0.0784. The van der Waals surface area contributed by atoms with Gasteiger partial charge in [-0.2, -0.15) is 0 Å². The summed E-state index contributed by atoms with van der Waals surface area (Å²) >= 11 is 5.81. The molecule has 7 heteroatoms. The Morgan fingerprint density at radius 1 is 1.03 bits per heavy atom. The maximum Gasteiger partial charge on any atom is 0.254 e. The number of pyridine rings is 2. The number of halogens is 1. The number of benzene rings is 1. The average molecular weight is 412 g/mol. The third-order valence-electron chi connectivity index (χ3n) is 4.19. The topological polar surface area (TPSA) is 64.5 Å². The standard InChI is InChI=1S/C22H22ClN3O3/c1-3-28-20-12-18(5-6-19(20)29-15-16-8-10-24-11-9-16)22(27)26(2)14-17-4-7-21(23)25-13-17/h4-13H,3,14-15H2,1-2H3. The number of carbonyl (C=O) groups is 1. The molecule has 0 aliphatic rings. The maximum atomic E-state index is 12.8. The van der Waals surface area contributed by atoms with Gasteiger partial charge < -0.3 is 14.4 Å². The van der Waals surface area contributed by atoms with Crippen LogP contribution in [0.2, 0.25) is 5.15 Å². The van der Waals surface area contributed by atoms with E-state index < -0.39 is 0 Å². The quantitative estimate of drug-likeness (QED) is 0.514. The van der Waals surface area contributed by atoms with E-state index in [2.05, 4.69) is 9.97 Å². The van der Waals surface area contributed by atoms with Gasteiger partial charge in [-0.1, -0.05) is 17.7 Å². The molecule has 0 N–H and O–H groups in total. The van der Waals surface area contributed by atoms with E-state index in [9.17, 15) is 4.79 Å². The van der Waals surface area contributed by atoms with Crippen LogP contribution in [0.3, 0.4) is 0 Å². The van der Waals surface area contributed by atoms with Gasteiger partial charge >= 0.3 is 0 Å². The molecule has 0 unspecified atom stereocenters. The summed E-state index contributed by atoms with van der Waals surface area (Å²) in [6.45, 7) is 3.17. The summed E-state index contributed by atoms with van der Waals surface area (Å²) in [6.07, 6.45) is 5.10. The van der Waals surface area contributed by atoms with Gasteiger partial charge in [0.2, 0.25) is 0 Å². The number of ether oxygens (including phenoxy) is 2. The van der Waals surface area contributed by atoms with Gasteiger partial charge in [0.15, 0.2) is 11.5 Å². The molecule has 3 rings (SSSR count). The van der Waals surface area contributed by atoms with Gasteiger partial charge in [0.1, 0.15) is 11.8 Å². The zero-order chi connectivity index (χ0) is 20.6. The normalized spacial score (nSPS) is 10.4. The van der Waals surface area contributed by atoms with Crippen molar-refractivity contribution in [2.24, 2.45) is 0 Å². The molecule has 2 aromatic heterocycles. The monoisotopic (exact) mass is 411 g/mol. The predicted octanol–water partition coefficient (Wildman–Crippen LogP) is 4.38. The molecule has 0 spiro atoms. The van der Waals surface area contributed by atoms with Gasteiger partial charge in [0.05, 0.1) is 6.61 Å². The van der Waals surface area contributed by atoms with Crippen molar-refractivity contribution in [1.29, 1.82) is 0 Å². The lowest BCUT2D eigenvalue weighted by atomic mass is 10.1. The molecule has 3 aromatic rings. The number of aromatic nitrogens is 2. The van der Waals surface area contributed by atoms with E-state index in [1.165, 1.54) is 0 Å². The summed E-state index contributed by atoms with van der Waals surface area (Å²) in [5.41, 5.74) is 2.42. The molecule has 0 radical (unpaired) electrons. The number of hydrogen-bond acceptors (Lipinski definition) is 5. The van der Waals surface area contributed by atoms with Crippen LogP contribution in [0.1, 0.15) is 28.4 Å². The Morgan fingerprint density at radius 3 is 2.52 bits per heavy atom. The Hall–Kier alpha value is -3.12. The van der Waals surface area contributed by atoms with Crippen molar-refractivity contribution in [3.63, 3.8) is 0 Å². The largest absolute Gasteiger partial charge is 0.490 e. The molecular weight excluding hydrogens is 390 g/mol. The van der Waals surface area contributed by atoms with E-state index in [1.54, 1.807) is 54.8 Å². The van der Waals surface area contributed by atoms with Crippen LogP contribution < -0.4 is 9.47 Å². The number of carbonyl (C=O) groups excluding carboxylic acids is 1. The van der Waals surface area contributed by atoms with Crippen LogP contribution in [0.5, 0.6) is 11.5 Å². The molecule has 2 heterocycles. The molecule has 0 saturated heterocycles. The van der Waals surface area contributed by atoms with Crippen LogP contribution in [-0.2, 0) is 13.2 Å². The maximum absolute atomic E-state index is 12.8. The van der Waals surface area contributed by atoms with Crippen molar-refractivity contribution in [1.82, 2.24) is 14.9 Å². The summed E-state index contributed by atoms with van der Waals surface area (Å²) < 4.78 is 11.6. The minimum Gasteiger partial charge on any atom is -0.490 e. The first-order valence-electron chi connectivity index (χ1n) is 9.21. The lowest BCUT2D eigenvalue weighted by Gasteiger charge is -2.19. The van der Waals surface area contributed by atoms with E-state index in [-0.39, 0.29) is 5.91 Å². The molecule has 0 atom stereocenters. The fraction of sp³-hybridized carbons (Fsp3) is 0.227. The molecule has 29 heavy (non-hydrogen) atoms. The van der Waals surface area contributed by atoms with Crippen molar-refractivity contribution in [3.05, 3.63) is 82.9 Å². The van der Waals surface area contributed by atoms with Gasteiger partial charge in [-0.05, 0) is 54.4 Å². The van der Waals surface area contributed by atoms with Crippen LogP contribution in [-0.4, -0.2) is 34.4 Å². The summed E-state index contributed by atoms with van der Waals surface area (Å²) in [6, 6.07) is 12.5. The summed E-state index contributed by atoms with van der Waals surface area (Å²) in [5.74, 6) is 1.00. The number of nitrogens with zero attached hydrogens (tertiary/aromatic N) is 3. The Morgan fingerprint density at radius 2 is 1.83 bits per heavy atom. The third-order valence-corrected chi connectivity index (χ3v) is 4.41. The van der Waals surface area contributed by atoms with Crippen molar-refractivity contribution < 1.29 is 14.3 Å². The highest BCUT2D eigenvalue weighted by Crippen LogP contribution is 2.30. The van der Waals surface area contributed by atoms with Crippen molar-refractivity contribution >= 4 is 17.5 Å². The average Bonchev–Trinajstić information content (AvgIpc) is 2.75. The molecular formula is C22H22ClN3O3. The Balaban J connectivity index is 1.72. The second kappa shape index (κ2) is 9.89. The van der Waals surface area contributed by atoms with Crippen molar-refractivity contribution in [2.75, 3.05) is 13.7 Å². The first kappa shape index (κ1) is 20.6. The van der Waals surface area contributed by atoms with E-state index in [0.717, 1.165) is 11.1 Å². The van der Waals surface area contributed by atoms with Crippen molar-refractivity contribution in [2.45, 2.75) is 20.1 Å². The van der Waals surface area contributed by atoms with E-state index in [0.29, 0.717) is 42.0 Å². The molecule has 0 aliphatic carbocycles. The fourth-order valence-electron chi connectivity index (χ4n) is 2.73. The van der Waals surface area contributed by atoms with E-state index >= 15 is 0 Å². The first-order chi connectivity index (χ1) is 14.1. The first-order valence-corrected chi connectivity index (χ1v) is 9.59. The molecule has 0 bridgehead atoms. The molecule has 0 fully saturated rings. The highest BCUT2D eigenvalue weighted by Gasteiger charge is 2.16. The Bertz CT molecular complexity index is 949. The molecule has 150 valence electrons. The van der Waals surface area contributed by atoms with Crippen LogP contribution in [0, 0.1) is 0 Å². The second-order valence-electron chi connectivity index (χ2n) is 6.39. The Labute approximate surface area is 175 Å². The van der Waals surface area contributed by atoms with E-state index in [1.807, 2.05) is 25.1 Å². The zero-order valence-electron chi connectivity index (χ0n) is 16.3. The predicted molar refractivity (Wildman–Crippen MR) is 111 cm³/mol. The summed E-state index contributed by atoms with van der Waals surface area (Å²) in [7, 11) is 1.74. The van der Waals surface area contributed by atoms with Crippen molar-refractivity contribution in [3.8, 4) is 11.5 Å². The van der Waals surface area contributed by atoms with Gasteiger partial charge in [0, 0.05) is 37.7 Å². The third kappa shape index (κ3) is 5.68. The second-order valence-corrected chi connectivity index (χ2v) is 6.78. The van der Waals surface area contributed by atoms with E-state index in [4.69, 9.17) is 21.1 Å². The summed E-state index contributed by atoms with van der Waals surface area (Å²) in [4.78, 5) is 22.5. The molecule has 0 aliphatic heterocycles. The number of rotatable bonds is 8. The molecule has 1 aromatic carbocycles. The SMILES string of the molecule is CCOc1cc(C(=O)N(C)Cc2ccc(Cl)nc2)ccc1OCc1ccncc1. The summed E-state index contributed by atoms with van der Waals surface area (Å²) in [5, 5.41) is 0.423. The zero-order valence-corrected chi connectivity index (χ0v) is 17.1. The minimum atomic E-state index is -0.124. The lowest BCUT2D eigenvalue weighted by Crippen LogP contribution is -2.26. The highest BCUT2D eigenvalue weighted by atomic mass is 35.5. The molecule has 0 saturated carbocycles. The van der Waals surface area contributed by atoms with Crippen LogP contribution in [0.4, 0.5) is 0 Å². The fourth-order valence-corrected chi connectivity index (χ4v) is 2.85. The van der Waals surface area contributed by atoms with Gasteiger partial charge in [-0.25, -0.2) is 4.98 Å². The number of hydrogen-bond donors (Lipinski definition) is 0. The molecule has 1 amide bonds. The highest BCUT2D eigenvalue weighted by molar-refractivity contribution is 6.29. The van der Waals surface area contributed by atoms with Gasteiger partial charge in [0.25, 0.3) is 5.91 Å².